The third-order valence-electron chi connectivity index (χ3n) is 5.72. The number of allylic oxidation sites excluding steroid dienone is 1. The number of aromatic amines is 1. The van der Waals surface area contributed by atoms with Crippen LogP contribution >= 0.6 is 0 Å². The zero-order chi connectivity index (χ0) is 23.8. The van der Waals surface area contributed by atoms with Gasteiger partial charge in [-0.1, -0.05) is 24.8 Å². The van der Waals surface area contributed by atoms with E-state index in [-0.39, 0.29) is 11.4 Å². The maximum atomic E-state index is 13.4. The molecule has 0 radical (unpaired) electrons. The van der Waals surface area contributed by atoms with Gasteiger partial charge in [0.25, 0.3) is 5.56 Å². The number of nitrogens with two attached hydrogens (primary N) is 1. The van der Waals surface area contributed by atoms with Gasteiger partial charge in [-0.2, -0.15) is 0 Å². The summed E-state index contributed by atoms with van der Waals surface area (Å²) in [6.45, 7) is 7.93. The van der Waals surface area contributed by atoms with Crippen molar-refractivity contribution in [2.75, 3.05) is 18.6 Å². The van der Waals surface area contributed by atoms with E-state index >= 15 is 0 Å². The number of methoxy groups -OCH3 is 1. The molecule has 0 bridgehead atoms. The number of fused-ring (bicyclic) bond motifs is 1. The minimum absolute atomic E-state index is 0.199. The second-order valence-electron chi connectivity index (χ2n) is 8.14. The Morgan fingerprint density at radius 3 is 2.70 bits per heavy atom. The molecule has 1 aliphatic rings. The Morgan fingerprint density at radius 1 is 1.33 bits per heavy atom. The van der Waals surface area contributed by atoms with Crippen LogP contribution in [0.5, 0.6) is 5.75 Å². The first kappa shape index (κ1) is 22.1. The molecular formula is C25H26FN5O2. The minimum Gasteiger partial charge on any atom is -0.495 e. The fraction of sp³-hybridized carbons (Fsp3) is 0.200. The lowest BCUT2D eigenvalue weighted by molar-refractivity contribution is 0.415. The molecule has 0 fully saturated rings. The highest BCUT2D eigenvalue weighted by molar-refractivity contribution is 5.67. The van der Waals surface area contributed by atoms with Gasteiger partial charge in [0.1, 0.15) is 16.9 Å². The molecule has 1 unspecified atom stereocenters. The number of ether oxygens (including phenoxy) is 1. The molecule has 4 rings (SSSR count). The number of hydrogen-bond acceptors (Lipinski definition) is 5. The molecule has 0 saturated heterocycles. The number of rotatable bonds is 6. The minimum atomic E-state index is -0.693. The Bertz CT molecular complexity index is 1410. The summed E-state index contributed by atoms with van der Waals surface area (Å²) in [5.41, 5.74) is 8.38. The van der Waals surface area contributed by atoms with Crippen molar-refractivity contribution in [1.82, 2.24) is 9.55 Å². The highest BCUT2D eigenvalue weighted by atomic mass is 19.1. The number of imidazole rings is 1. The molecule has 170 valence electrons. The Hall–Kier alpha value is -4.07. The van der Waals surface area contributed by atoms with Crippen LogP contribution in [0.2, 0.25) is 0 Å². The fourth-order valence-corrected chi connectivity index (χ4v) is 4.05. The molecule has 2 heterocycles. The first-order valence-electron chi connectivity index (χ1n) is 10.4. The van der Waals surface area contributed by atoms with Crippen LogP contribution in [0.1, 0.15) is 25.0 Å². The number of nitrogens with zero attached hydrogens (tertiary/aromatic N) is 3. The summed E-state index contributed by atoms with van der Waals surface area (Å²) in [7, 11) is 1.58. The zero-order valence-electron chi connectivity index (χ0n) is 18.8. The van der Waals surface area contributed by atoms with Crippen molar-refractivity contribution in [3.63, 3.8) is 0 Å². The molecule has 1 atom stereocenters. The van der Waals surface area contributed by atoms with Crippen molar-refractivity contribution in [2.45, 2.75) is 19.4 Å². The molecule has 1 aromatic heterocycles. The van der Waals surface area contributed by atoms with Crippen molar-refractivity contribution in [3.05, 3.63) is 105 Å². The summed E-state index contributed by atoms with van der Waals surface area (Å²) < 4.78 is 20.6. The van der Waals surface area contributed by atoms with E-state index in [1.807, 2.05) is 25.1 Å². The lowest BCUT2D eigenvalue weighted by atomic mass is 9.92. The van der Waals surface area contributed by atoms with Gasteiger partial charge in [0.15, 0.2) is 0 Å². The second-order valence-corrected chi connectivity index (χ2v) is 8.14. The number of anilines is 1. The van der Waals surface area contributed by atoms with Crippen molar-refractivity contribution in [3.8, 4) is 5.75 Å². The molecule has 0 saturated carbocycles. The Morgan fingerprint density at radius 2 is 2.06 bits per heavy atom. The van der Waals surface area contributed by atoms with E-state index in [4.69, 9.17) is 10.5 Å². The fourth-order valence-electron chi connectivity index (χ4n) is 4.05. The van der Waals surface area contributed by atoms with Crippen LogP contribution in [0.4, 0.5) is 10.1 Å². The predicted molar refractivity (Wildman–Crippen MR) is 127 cm³/mol. The van der Waals surface area contributed by atoms with E-state index in [2.05, 4.69) is 16.6 Å². The average molecular weight is 448 g/mol. The summed E-state index contributed by atoms with van der Waals surface area (Å²) in [5.74, 6) is 0.277. The highest BCUT2D eigenvalue weighted by Gasteiger charge is 2.35. The van der Waals surface area contributed by atoms with Gasteiger partial charge in [0.2, 0.25) is 5.62 Å². The topological polar surface area (TPSA) is 88.6 Å². The van der Waals surface area contributed by atoms with Crippen LogP contribution in [-0.4, -0.2) is 23.2 Å². The molecule has 33 heavy (non-hydrogen) atoms. The molecule has 2 aromatic carbocycles. The van der Waals surface area contributed by atoms with Crippen molar-refractivity contribution >= 4 is 11.8 Å². The van der Waals surface area contributed by atoms with Crippen LogP contribution < -0.4 is 31.9 Å². The molecule has 7 nitrogen and oxygen atoms in total. The zero-order valence-corrected chi connectivity index (χ0v) is 18.8. The Kier molecular flexibility index (Phi) is 5.68. The van der Waals surface area contributed by atoms with Crippen LogP contribution in [0, 0.1) is 5.82 Å². The second kappa shape index (κ2) is 8.46. The molecule has 0 aliphatic carbocycles. The SMILES string of the molecule is C=CN(/C=C(/C)N)c1ccc(/C=c2\[nH]c3n(c2=O)C(C)(c2ccc(F)cc2)CN=3)cc1OC. The van der Waals surface area contributed by atoms with Gasteiger partial charge >= 0.3 is 0 Å². The van der Waals surface area contributed by atoms with Gasteiger partial charge in [-0.15, -0.1) is 0 Å². The molecular weight excluding hydrogens is 421 g/mol. The summed E-state index contributed by atoms with van der Waals surface area (Å²) in [5, 5.41) is 0.398. The van der Waals surface area contributed by atoms with Gasteiger partial charge in [0, 0.05) is 18.1 Å². The Labute approximate surface area is 190 Å². The third-order valence-corrected chi connectivity index (χ3v) is 5.72. The lowest BCUT2D eigenvalue weighted by Crippen LogP contribution is -2.44. The van der Waals surface area contributed by atoms with Crippen LogP contribution in [0.15, 0.2) is 76.9 Å². The normalized spacial score (nSPS) is 18.1. The molecule has 8 heteroatoms. The number of halogens is 1. The molecule has 3 N–H and O–H groups in total. The standard InChI is InChI=1S/C25H26FN5O2/c1-5-30(14-16(2)27)21-11-6-17(13-22(21)33-4)12-20-23(32)31-24(29-20)28-15-25(31,3)18-7-9-19(26)10-8-18/h5-14H,1,15,27H2,2-4H3,(H,28,29)/b16-14-,20-12-. The molecule has 1 aliphatic heterocycles. The first-order chi connectivity index (χ1) is 15.8. The number of benzene rings is 2. The summed E-state index contributed by atoms with van der Waals surface area (Å²) >= 11 is 0. The summed E-state index contributed by atoms with van der Waals surface area (Å²) in [6, 6.07) is 11.7. The van der Waals surface area contributed by atoms with Crippen LogP contribution in [-0.2, 0) is 5.54 Å². The van der Waals surface area contributed by atoms with Gasteiger partial charge < -0.3 is 20.4 Å². The van der Waals surface area contributed by atoms with Crippen molar-refractivity contribution < 1.29 is 9.13 Å². The van der Waals surface area contributed by atoms with Crippen LogP contribution in [0.3, 0.4) is 0 Å². The smallest absolute Gasteiger partial charge is 0.277 e. The van der Waals surface area contributed by atoms with E-state index < -0.39 is 5.54 Å². The molecule has 3 aromatic rings. The quantitative estimate of drug-likeness (QED) is 0.607. The molecule has 0 amide bonds. The van der Waals surface area contributed by atoms with Crippen molar-refractivity contribution in [1.29, 1.82) is 0 Å². The van der Waals surface area contributed by atoms with E-state index in [0.29, 0.717) is 29.0 Å². The number of nitrogens with one attached hydrogen (secondary N) is 1. The average Bonchev–Trinajstić information content (AvgIpc) is 3.30. The van der Waals surface area contributed by atoms with Gasteiger partial charge in [-0.05, 0) is 55.3 Å². The third kappa shape index (κ3) is 3.95. The maximum Gasteiger partial charge on any atom is 0.277 e. The van der Waals surface area contributed by atoms with E-state index in [0.717, 1.165) is 16.8 Å². The summed E-state index contributed by atoms with van der Waals surface area (Å²) in [4.78, 5) is 22.7. The predicted octanol–water partition coefficient (Wildman–Crippen LogP) is 2.32. The summed E-state index contributed by atoms with van der Waals surface area (Å²) in [6.07, 6.45) is 5.13. The number of H-pyrrole nitrogens is 1. The lowest BCUT2D eigenvalue weighted by Gasteiger charge is -2.25. The van der Waals surface area contributed by atoms with Gasteiger partial charge in [-0.25, -0.2) is 9.38 Å². The Balaban J connectivity index is 1.78. The first-order valence-corrected chi connectivity index (χ1v) is 10.4. The number of aromatic nitrogens is 2. The van der Waals surface area contributed by atoms with Crippen molar-refractivity contribution in [2.24, 2.45) is 10.7 Å². The van der Waals surface area contributed by atoms with Gasteiger partial charge in [0.05, 0.1) is 24.9 Å². The van der Waals surface area contributed by atoms with E-state index in [1.54, 1.807) is 54.1 Å². The molecule has 0 spiro atoms. The maximum absolute atomic E-state index is 13.4. The van der Waals surface area contributed by atoms with Crippen LogP contribution in [0.25, 0.3) is 6.08 Å². The van der Waals surface area contributed by atoms with E-state index in [9.17, 15) is 9.18 Å². The highest BCUT2D eigenvalue weighted by Crippen LogP contribution is 2.30. The largest absolute Gasteiger partial charge is 0.495 e. The van der Waals surface area contributed by atoms with E-state index in [1.165, 1.54) is 12.1 Å². The van der Waals surface area contributed by atoms with Gasteiger partial charge in [-0.3, -0.25) is 9.36 Å². The monoisotopic (exact) mass is 447 g/mol. The number of hydrogen-bond donors (Lipinski definition) is 2.